The predicted molar refractivity (Wildman–Crippen MR) is 97.3 cm³/mol. The molecule has 132 valence electrons. The van der Waals surface area contributed by atoms with Crippen LogP contribution >= 0.6 is 0 Å². The molecule has 1 saturated heterocycles. The van der Waals surface area contributed by atoms with Crippen LogP contribution in [-0.2, 0) is 6.61 Å². The molecule has 1 fully saturated rings. The molecule has 3 rings (SSSR count). The Balaban J connectivity index is 1.62. The monoisotopic (exact) mass is 339 g/mol. The maximum atomic E-state index is 12.8. The summed E-state index contributed by atoms with van der Waals surface area (Å²) in [5.74, 6) is 1.41. The number of carbonyl (C=O) groups is 1. The summed E-state index contributed by atoms with van der Waals surface area (Å²) >= 11 is 0. The van der Waals surface area contributed by atoms with Gasteiger partial charge in [-0.25, -0.2) is 0 Å². The van der Waals surface area contributed by atoms with Gasteiger partial charge in [0.15, 0.2) is 0 Å². The molecule has 0 spiro atoms. The number of piperidine rings is 1. The molecule has 2 unspecified atom stereocenters. The lowest BCUT2D eigenvalue weighted by Gasteiger charge is -2.38. The lowest BCUT2D eigenvalue weighted by Crippen LogP contribution is -2.49. The summed E-state index contributed by atoms with van der Waals surface area (Å²) in [6, 6.07) is 13.2. The summed E-state index contributed by atoms with van der Waals surface area (Å²) in [6.45, 7) is 3.92. The number of benzene rings is 1. The first kappa shape index (κ1) is 17.4. The molecule has 2 atom stereocenters. The number of ether oxygens (including phenoxy) is 1. The van der Waals surface area contributed by atoms with Crippen LogP contribution in [-0.4, -0.2) is 34.9 Å². The van der Waals surface area contributed by atoms with E-state index in [0.717, 1.165) is 30.8 Å². The number of nitrogens with zero attached hydrogens (tertiary/aromatic N) is 2. The van der Waals surface area contributed by atoms with Crippen LogP contribution in [0.25, 0.3) is 0 Å². The number of likely N-dealkylation sites (tertiary alicyclic amines) is 1. The van der Waals surface area contributed by atoms with Gasteiger partial charge in [-0.2, -0.15) is 0 Å². The first-order valence-corrected chi connectivity index (χ1v) is 8.81. The number of pyridine rings is 1. The zero-order chi connectivity index (χ0) is 17.6. The van der Waals surface area contributed by atoms with Crippen molar-refractivity contribution in [1.82, 2.24) is 9.88 Å². The molecule has 1 aliphatic rings. The third kappa shape index (κ3) is 4.37. The molecular weight excluding hydrogens is 314 g/mol. The number of rotatable bonds is 5. The summed E-state index contributed by atoms with van der Waals surface area (Å²) in [6.07, 6.45) is 3.76. The zero-order valence-electron chi connectivity index (χ0n) is 14.6. The Morgan fingerprint density at radius 2 is 2.08 bits per heavy atom. The summed E-state index contributed by atoms with van der Waals surface area (Å²) in [4.78, 5) is 18.9. The Kier molecular flexibility index (Phi) is 5.66. The van der Waals surface area contributed by atoms with Crippen molar-refractivity contribution in [1.29, 1.82) is 0 Å². The van der Waals surface area contributed by atoms with E-state index in [4.69, 9.17) is 10.5 Å². The minimum absolute atomic E-state index is 0.0543. The van der Waals surface area contributed by atoms with Crippen LogP contribution in [0.4, 0.5) is 0 Å². The Morgan fingerprint density at radius 3 is 2.76 bits per heavy atom. The predicted octanol–water partition coefficient (Wildman–Crippen LogP) is 2.86. The van der Waals surface area contributed by atoms with Crippen LogP contribution < -0.4 is 10.5 Å². The second-order valence-electron chi connectivity index (χ2n) is 6.65. The van der Waals surface area contributed by atoms with E-state index in [9.17, 15) is 4.79 Å². The number of hydrogen-bond donors (Lipinski definition) is 1. The van der Waals surface area contributed by atoms with E-state index < -0.39 is 0 Å². The molecule has 1 aliphatic heterocycles. The van der Waals surface area contributed by atoms with Crippen molar-refractivity contribution in [3.05, 3.63) is 59.9 Å². The normalized spacial score (nSPS) is 20.3. The molecule has 2 aromatic rings. The highest BCUT2D eigenvalue weighted by molar-refractivity contribution is 5.94. The van der Waals surface area contributed by atoms with Gasteiger partial charge in [0, 0.05) is 30.9 Å². The Bertz CT molecular complexity index is 688. The lowest BCUT2D eigenvalue weighted by molar-refractivity contribution is 0.0573. The van der Waals surface area contributed by atoms with E-state index >= 15 is 0 Å². The van der Waals surface area contributed by atoms with Gasteiger partial charge in [0.2, 0.25) is 0 Å². The molecule has 1 aromatic carbocycles. The third-order valence-corrected chi connectivity index (χ3v) is 4.73. The molecule has 5 heteroatoms. The second kappa shape index (κ2) is 8.12. The maximum Gasteiger partial charge on any atom is 0.254 e. The van der Waals surface area contributed by atoms with E-state index in [2.05, 4.69) is 11.9 Å². The fourth-order valence-electron chi connectivity index (χ4n) is 3.24. The van der Waals surface area contributed by atoms with Crippen LogP contribution in [0.1, 0.15) is 35.8 Å². The molecule has 2 heterocycles. The maximum absolute atomic E-state index is 12.8. The van der Waals surface area contributed by atoms with E-state index in [0.29, 0.717) is 24.6 Å². The van der Waals surface area contributed by atoms with E-state index in [1.165, 1.54) is 0 Å². The topological polar surface area (TPSA) is 68.5 Å². The number of aromatic nitrogens is 1. The molecule has 25 heavy (non-hydrogen) atoms. The SMILES string of the molecule is CC1CCN(C(=O)c2ccc(OCc3ccccn3)cc2)C(CN)C1. The van der Waals surface area contributed by atoms with Gasteiger partial charge < -0.3 is 15.4 Å². The first-order valence-electron chi connectivity index (χ1n) is 8.81. The molecule has 1 amide bonds. The molecule has 1 aromatic heterocycles. The number of hydrogen-bond acceptors (Lipinski definition) is 4. The van der Waals surface area contributed by atoms with Crippen LogP contribution in [0.5, 0.6) is 5.75 Å². The minimum atomic E-state index is 0.0543. The molecule has 0 saturated carbocycles. The fraction of sp³-hybridized carbons (Fsp3) is 0.400. The fourth-order valence-corrected chi connectivity index (χ4v) is 3.24. The number of carbonyl (C=O) groups excluding carboxylic acids is 1. The van der Waals surface area contributed by atoms with Gasteiger partial charge in [0.25, 0.3) is 5.91 Å². The average molecular weight is 339 g/mol. The van der Waals surface area contributed by atoms with Crippen molar-refractivity contribution in [2.75, 3.05) is 13.1 Å². The molecule has 2 N–H and O–H groups in total. The third-order valence-electron chi connectivity index (χ3n) is 4.73. The Labute approximate surface area is 148 Å². The van der Waals surface area contributed by atoms with Crippen molar-refractivity contribution in [3.63, 3.8) is 0 Å². The van der Waals surface area contributed by atoms with Crippen molar-refractivity contribution in [3.8, 4) is 5.75 Å². The van der Waals surface area contributed by atoms with Gasteiger partial charge in [0.1, 0.15) is 12.4 Å². The van der Waals surface area contributed by atoms with Gasteiger partial charge in [0.05, 0.1) is 5.69 Å². The van der Waals surface area contributed by atoms with Crippen molar-refractivity contribution < 1.29 is 9.53 Å². The number of amides is 1. The van der Waals surface area contributed by atoms with E-state index in [1.807, 2.05) is 47.4 Å². The highest BCUT2D eigenvalue weighted by atomic mass is 16.5. The standard InChI is InChI=1S/C20H25N3O2/c1-15-9-11-23(18(12-15)13-21)20(24)16-5-7-19(8-6-16)25-14-17-4-2-3-10-22-17/h2-8,10,15,18H,9,11-14,21H2,1H3. The van der Waals surface area contributed by atoms with Gasteiger partial charge in [-0.05, 0) is 55.2 Å². The van der Waals surface area contributed by atoms with Gasteiger partial charge >= 0.3 is 0 Å². The van der Waals surface area contributed by atoms with Crippen LogP contribution in [0.2, 0.25) is 0 Å². The number of nitrogens with two attached hydrogens (primary N) is 1. The van der Waals surface area contributed by atoms with E-state index in [-0.39, 0.29) is 11.9 Å². The van der Waals surface area contributed by atoms with Gasteiger partial charge in [-0.15, -0.1) is 0 Å². The average Bonchev–Trinajstić information content (AvgIpc) is 2.67. The highest BCUT2D eigenvalue weighted by Gasteiger charge is 2.29. The van der Waals surface area contributed by atoms with Crippen molar-refractivity contribution >= 4 is 5.91 Å². The second-order valence-corrected chi connectivity index (χ2v) is 6.65. The van der Waals surface area contributed by atoms with Gasteiger partial charge in [-0.1, -0.05) is 13.0 Å². The molecule has 0 bridgehead atoms. The summed E-state index contributed by atoms with van der Waals surface area (Å²) in [7, 11) is 0. The van der Waals surface area contributed by atoms with Crippen molar-refractivity contribution in [2.45, 2.75) is 32.4 Å². The molecule has 5 nitrogen and oxygen atoms in total. The van der Waals surface area contributed by atoms with Crippen LogP contribution in [0, 0.1) is 5.92 Å². The highest BCUT2D eigenvalue weighted by Crippen LogP contribution is 2.24. The largest absolute Gasteiger partial charge is 0.487 e. The summed E-state index contributed by atoms with van der Waals surface area (Å²) in [5.41, 5.74) is 7.42. The Morgan fingerprint density at radius 1 is 1.28 bits per heavy atom. The van der Waals surface area contributed by atoms with E-state index in [1.54, 1.807) is 6.20 Å². The first-order chi connectivity index (χ1) is 12.2. The van der Waals surface area contributed by atoms with Gasteiger partial charge in [-0.3, -0.25) is 9.78 Å². The zero-order valence-corrected chi connectivity index (χ0v) is 14.6. The lowest BCUT2D eigenvalue weighted by atomic mass is 9.92. The summed E-state index contributed by atoms with van der Waals surface area (Å²) in [5, 5.41) is 0. The Hall–Kier alpha value is -2.40. The van der Waals surface area contributed by atoms with Crippen LogP contribution in [0.15, 0.2) is 48.7 Å². The quantitative estimate of drug-likeness (QED) is 0.909. The van der Waals surface area contributed by atoms with Crippen LogP contribution in [0.3, 0.4) is 0 Å². The summed E-state index contributed by atoms with van der Waals surface area (Å²) < 4.78 is 5.72. The molecule has 0 radical (unpaired) electrons. The smallest absolute Gasteiger partial charge is 0.254 e. The van der Waals surface area contributed by atoms with Crippen molar-refractivity contribution in [2.24, 2.45) is 11.7 Å². The molecule has 0 aliphatic carbocycles. The molecular formula is C20H25N3O2. The minimum Gasteiger partial charge on any atom is -0.487 e.